The number of nitriles is 1. The summed E-state index contributed by atoms with van der Waals surface area (Å²) < 4.78 is 55.0. The van der Waals surface area contributed by atoms with E-state index in [0.29, 0.717) is 36.4 Å². The molecule has 1 amide bonds. The zero-order valence-corrected chi connectivity index (χ0v) is 23.5. The molecule has 0 saturated carbocycles. The van der Waals surface area contributed by atoms with Gasteiger partial charge in [0.15, 0.2) is 5.82 Å². The molecule has 2 aliphatic rings. The number of aromatic nitrogens is 2. The highest BCUT2D eigenvalue weighted by molar-refractivity contribution is 7.16. The molecule has 218 valence electrons. The monoisotopic (exact) mass is 610 g/mol. The van der Waals surface area contributed by atoms with Gasteiger partial charge in [0.1, 0.15) is 17.4 Å². The summed E-state index contributed by atoms with van der Waals surface area (Å²) in [5.74, 6) is -3.86. The van der Waals surface area contributed by atoms with Crippen molar-refractivity contribution in [2.45, 2.75) is 25.6 Å². The molecular formula is C26H26ClF3N6O4S. The summed E-state index contributed by atoms with van der Waals surface area (Å²) >= 11 is 7.31. The zero-order chi connectivity index (χ0) is 29.3. The highest BCUT2D eigenvalue weighted by Gasteiger charge is 2.52. The fourth-order valence-corrected chi connectivity index (χ4v) is 6.21. The number of anilines is 1. The van der Waals surface area contributed by atoms with Gasteiger partial charge in [-0.2, -0.15) is 28.2 Å². The number of aryl methyl sites for hydroxylation is 1. The van der Waals surface area contributed by atoms with Gasteiger partial charge in [0.25, 0.3) is 5.91 Å². The Morgan fingerprint density at radius 1 is 1.24 bits per heavy atom. The number of alkyl halides is 3. The smallest absolute Gasteiger partial charge is 0.393 e. The van der Waals surface area contributed by atoms with Gasteiger partial charge < -0.3 is 19.4 Å². The van der Waals surface area contributed by atoms with Crippen LogP contribution in [0.2, 0.25) is 4.34 Å². The molecule has 15 heteroatoms. The number of carbonyl (C=O) groups excluding carboxylic acids is 2. The first-order valence-corrected chi connectivity index (χ1v) is 14.0. The number of thiophene rings is 1. The summed E-state index contributed by atoms with van der Waals surface area (Å²) in [6.45, 7) is 2.43. The predicted octanol–water partition coefficient (Wildman–Crippen LogP) is 4.11. The molecule has 0 spiro atoms. The molecule has 3 aromatic heterocycles. The zero-order valence-electron chi connectivity index (χ0n) is 21.9. The largest absolute Gasteiger partial charge is 0.469 e. The topological polar surface area (TPSA) is 117 Å². The Balaban J connectivity index is 1.50. The van der Waals surface area contributed by atoms with Gasteiger partial charge in [-0.1, -0.05) is 11.6 Å². The van der Waals surface area contributed by atoms with Crippen LogP contribution in [0.4, 0.5) is 19.0 Å². The highest BCUT2D eigenvalue weighted by atomic mass is 35.5. The van der Waals surface area contributed by atoms with Crippen molar-refractivity contribution >= 4 is 40.6 Å². The molecule has 2 aliphatic heterocycles. The Morgan fingerprint density at radius 3 is 2.61 bits per heavy atom. The third kappa shape index (κ3) is 6.13. The third-order valence-corrected chi connectivity index (χ3v) is 8.49. The van der Waals surface area contributed by atoms with Gasteiger partial charge in [0.2, 0.25) is 5.91 Å². The number of rotatable bonds is 7. The van der Waals surface area contributed by atoms with Gasteiger partial charge in [-0.3, -0.25) is 14.5 Å². The van der Waals surface area contributed by atoms with Crippen molar-refractivity contribution in [2.24, 2.45) is 5.92 Å². The molecule has 0 aromatic carbocycles. The number of likely N-dealkylation sites (tertiary alicyclic amines) is 1. The van der Waals surface area contributed by atoms with E-state index in [4.69, 9.17) is 20.8 Å². The maximum Gasteiger partial charge on any atom is 0.393 e. The van der Waals surface area contributed by atoms with E-state index in [2.05, 4.69) is 10.4 Å². The van der Waals surface area contributed by atoms with Gasteiger partial charge in [-0.05, 0) is 25.1 Å². The average molecular weight is 611 g/mol. The number of amides is 1. The van der Waals surface area contributed by atoms with Gasteiger partial charge in [0.05, 0.1) is 54.1 Å². The van der Waals surface area contributed by atoms with Crippen LogP contribution < -0.4 is 5.32 Å². The molecule has 5 rings (SSSR count). The summed E-state index contributed by atoms with van der Waals surface area (Å²) in [5.41, 5.74) is -0.164. The van der Waals surface area contributed by atoms with Crippen LogP contribution in [0.25, 0.3) is 0 Å². The lowest BCUT2D eigenvalue weighted by molar-refractivity contribution is -0.174. The lowest BCUT2D eigenvalue weighted by atomic mass is 9.90. The van der Waals surface area contributed by atoms with Gasteiger partial charge in [0, 0.05) is 37.0 Å². The third-order valence-electron chi connectivity index (χ3n) is 7.25. The van der Waals surface area contributed by atoms with Crippen LogP contribution >= 0.6 is 22.9 Å². The number of carbonyl (C=O) groups is 2. The summed E-state index contributed by atoms with van der Waals surface area (Å²) in [4.78, 5) is 30.1. The molecule has 2 unspecified atom stereocenters. The van der Waals surface area contributed by atoms with Crippen LogP contribution in [-0.4, -0.2) is 83.5 Å². The fourth-order valence-electron chi connectivity index (χ4n) is 5.18. The van der Waals surface area contributed by atoms with Gasteiger partial charge >= 0.3 is 6.18 Å². The van der Waals surface area contributed by atoms with Crippen molar-refractivity contribution in [1.29, 1.82) is 5.26 Å². The molecule has 2 fully saturated rings. The number of morpholine rings is 1. The van der Waals surface area contributed by atoms with Crippen molar-refractivity contribution in [1.82, 2.24) is 19.6 Å². The molecule has 0 bridgehead atoms. The molecule has 10 nitrogen and oxygen atoms in total. The minimum absolute atomic E-state index is 0.0265. The van der Waals surface area contributed by atoms with Crippen molar-refractivity contribution < 1.29 is 31.9 Å². The fraction of sp³-hybridized carbons (Fsp3) is 0.462. The number of hydrogen-bond acceptors (Lipinski definition) is 9. The number of ether oxygens (including phenoxy) is 1. The second kappa shape index (κ2) is 11.8. The maximum absolute atomic E-state index is 14.3. The Kier molecular flexibility index (Phi) is 8.42. The average Bonchev–Trinajstić information content (AvgIpc) is 3.73. The normalized spacial score (nSPS) is 19.9. The van der Waals surface area contributed by atoms with E-state index in [9.17, 15) is 28.0 Å². The number of furan rings is 1. The van der Waals surface area contributed by atoms with E-state index < -0.39 is 30.5 Å². The molecule has 5 heterocycles. The Labute approximate surface area is 242 Å². The lowest BCUT2D eigenvalue weighted by Gasteiger charge is -2.28. The number of nitrogens with one attached hydrogen (secondary N) is 1. The summed E-state index contributed by atoms with van der Waals surface area (Å²) in [6, 6.07) is 6.86. The lowest BCUT2D eigenvalue weighted by Crippen LogP contribution is -2.45. The van der Waals surface area contributed by atoms with Gasteiger partial charge in [-0.25, -0.2) is 0 Å². The van der Waals surface area contributed by atoms with Crippen LogP contribution in [0.3, 0.4) is 0 Å². The molecule has 0 aliphatic carbocycles. The molecule has 1 N–H and O–H groups in total. The minimum atomic E-state index is -4.63. The first-order chi connectivity index (χ1) is 19.6. The molecule has 3 aromatic rings. The van der Waals surface area contributed by atoms with E-state index >= 15 is 0 Å². The SMILES string of the molecule is Cc1occc1C(=O)n1nc(C2CN(CC(=O)N3CCOCC3)CC2C(F)(F)F)c(C#N)c1NCc1ccc(Cl)s1. The maximum atomic E-state index is 14.3. The van der Waals surface area contributed by atoms with Crippen LogP contribution in [0.15, 0.2) is 28.9 Å². The van der Waals surface area contributed by atoms with E-state index in [1.165, 1.54) is 28.6 Å². The van der Waals surface area contributed by atoms with E-state index in [-0.39, 0.29) is 48.2 Å². The minimum Gasteiger partial charge on any atom is -0.469 e. The van der Waals surface area contributed by atoms with Crippen molar-refractivity contribution in [3.63, 3.8) is 0 Å². The van der Waals surface area contributed by atoms with Crippen molar-refractivity contribution in [3.05, 3.63) is 56.3 Å². The van der Waals surface area contributed by atoms with Gasteiger partial charge in [-0.15, -0.1) is 11.3 Å². The number of nitrogens with zero attached hydrogens (tertiary/aromatic N) is 5. The Morgan fingerprint density at radius 2 is 2.00 bits per heavy atom. The highest BCUT2D eigenvalue weighted by Crippen LogP contribution is 2.44. The summed E-state index contributed by atoms with van der Waals surface area (Å²) in [6.07, 6.45) is -3.32. The first-order valence-electron chi connectivity index (χ1n) is 12.8. The molecule has 2 atom stereocenters. The molecule has 2 saturated heterocycles. The second-order valence-corrected chi connectivity index (χ2v) is 11.6. The van der Waals surface area contributed by atoms with Crippen molar-refractivity contribution in [3.8, 4) is 6.07 Å². The Hall–Kier alpha value is -3.38. The van der Waals surface area contributed by atoms with E-state index in [1.54, 1.807) is 24.0 Å². The predicted molar refractivity (Wildman–Crippen MR) is 143 cm³/mol. The second-order valence-electron chi connectivity index (χ2n) is 9.83. The van der Waals surface area contributed by atoms with Crippen LogP contribution in [-0.2, 0) is 16.1 Å². The summed E-state index contributed by atoms with van der Waals surface area (Å²) in [5, 5.41) is 17.5. The first kappa shape index (κ1) is 29.1. The standard InChI is InChI=1S/C26H26ClF3N6O4S/c1-15-17(4-7-40-15)25(38)36-24(32-11-16-2-3-21(27)41-16)18(10-31)23(33-36)19-12-34(13-20(19)26(28,29)30)14-22(37)35-5-8-39-9-6-35/h2-4,7,19-20,32H,5-6,8-9,11-14H2,1H3. The van der Waals surface area contributed by atoms with E-state index in [1.807, 2.05) is 6.07 Å². The van der Waals surface area contributed by atoms with Crippen LogP contribution in [0.1, 0.15) is 38.2 Å². The number of hydrogen-bond donors (Lipinski definition) is 1. The van der Waals surface area contributed by atoms with Crippen molar-refractivity contribution in [2.75, 3.05) is 51.3 Å². The Bertz CT molecular complexity index is 1470. The number of halogens is 4. The van der Waals surface area contributed by atoms with Crippen LogP contribution in [0.5, 0.6) is 0 Å². The van der Waals surface area contributed by atoms with E-state index in [0.717, 1.165) is 9.56 Å². The quantitative estimate of drug-likeness (QED) is 0.425. The summed E-state index contributed by atoms with van der Waals surface area (Å²) in [7, 11) is 0. The molecular weight excluding hydrogens is 585 g/mol. The van der Waals surface area contributed by atoms with Crippen LogP contribution in [0, 0.1) is 24.2 Å². The molecule has 41 heavy (non-hydrogen) atoms. The molecule has 0 radical (unpaired) electrons.